The molecule has 2 N–H and O–H groups in total. The Morgan fingerprint density at radius 2 is 1.67 bits per heavy atom. The molecule has 0 amide bonds. The first-order valence-electron chi connectivity index (χ1n) is 6.32. The first-order chi connectivity index (χ1) is 7.22. The number of allylic oxidation sites excluding steroid dienone is 1. The average Bonchev–Trinajstić information content (AvgIpc) is 2.25. The van der Waals surface area contributed by atoms with Gasteiger partial charge < -0.3 is 10.6 Å². The normalized spacial score (nSPS) is 26.3. The van der Waals surface area contributed by atoms with Crippen LogP contribution in [0.3, 0.4) is 0 Å². The van der Waals surface area contributed by atoms with Crippen molar-refractivity contribution in [2.75, 3.05) is 19.6 Å². The summed E-state index contributed by atoms with van der Waals surface area (Å²) in [5.41, 5.74) is 1.10. The maximum absolute atomic E-state index is 3.87. The molecule has 0 bridgehead atoms. The van der Waals surface area contributed by atoms with Crippen LogP contribution in [-0.2, 0) is 0 Å². The third-order valence-corrected chi connectivity index (χ3v) is 3.34. The van der Waals surface area contributed by atoms with E-state index in [0.717, 1.165) is 30.6 Å². The van der Waals surface area contributed by atoms with Gasteiger partial charge in [-0.2, -0.15) is 0 Å². The van der Waals surface area contributed by atoms with Gasteiger partial charge in [0, 0.05) is 12.2 Å². The smallest absolute Gasteiger partial charge is 0.0172 e. The van der Waals surface area contributed by atoms with Gasteiger partial charge in [0.2, 0.25) is 0 Å². The lowest BCUT2D eigenvalue weighted by Gasteiger charge is -2.29. The first-order valence-corrected chi connectivity index (χ1v) is 6.32. The maximum Gasteiger partial charge on any atom is 0.0172 e. The Hall–Kier alpha value is -0.500. The summed E-state index contributed by atoms with van der Waals surface area (Å²) in [4.78, 5) is 0. The summed E-state index contributed by atoms with van der Waals surface area (Å²) >= 11 is 0. The molecule has 2 heteroatoms. The Morgan fingerprint density at radius 1 is 1.13 bits per heavy atom. The van der Waals surface area contributed by atoms with Crippen LogP contribution in [0.2, 0.25) is 0 Å². The van der Waals surface area contributed by atoms with Crippen LogP contribution in [0, 0.1) is 11.8 Å². The third kappa shape index (κ3) is 5.22. The van der Waals surface area contributed by atoms with Crippen LogP contribution in [-0.4, -0.2) is 19.6 Å². The van der Waals surface area contributed by atoms with Gasteiger partial charge in [0.1, 0.15) is 0 Å². The van der Waals surface area contributed by atoms with Crippen molar-refractivity contribution in [2.45, 2.75) is 39.5 Å². The van der Waals surface area contributed by atoms with E-state index in [-0.39, 0.29) is 0 Å². The second-order valence-corrected chi connectivity index (χ2v) is 4.86. The maximum atomic E-state index is 3.87. The summed E-state index contributed by atoms with van der Waals surface area (Å²) < 4.78 is 0. The molecule has 15 heavy (non-hydrogen) atoms. The van der Waals surface area contributed by atoms with Crippen LogP contribution in [0.5, 0.6) is 0 Å². The zero-order valence-electron chi connectivity index (χ0n) is 10.3. The van der Waals surface area contributed by atoms with E-state index in [1.165, 1.54) is 32.2 Å². The molecule has 1 aliphatic rings. The minimum atomic E-state index is 0.875. The highest BCUT2D eigenvalue weighted by Gasteiger charge is 2.20. The summed E-state index contributed by atoms with van der Waals surface area (Å²) in [5, 5.41) is 6.82. The SMILES string of the molecule is C=C(C)NCC1CCC(CNCC)CC1. The van der Waals surface area contributed by atoms with E-state index in [2.05, 4.69) is 24.1 Å². The highest BCUT2D eigenvalue weighted by Crippen LogP contribution is 2.27. The van der Waals surface area contributed by atoms with Crippen molar-refractivity contribution in [3.8, 4) is 0 Å². The van der Waals surface area contributed by atoms with Crippen LogP contribution < -0.4 is 10.6 Å². The predicted molar refractivity (Wildman–Crippen MR) is 66.8 cm³/mol. The molecular weight excluding hydrogens is 184 g/mol. The molecule has 1 saturated carbocycles. The van der Waals surface area contributed by atoms with E-state index in [1.807, 2.05) is 6.92 Å². The van der Waals surface area contributed by atoms with Gasteiger partial charge in [0.25, 0.3) is 0 Å². The second-order valence-electron chi connectivity index (χ2n) is 4.86. The van der Waals surface area contributed by atoms with Crippen molar-refractivity contribution < 1.29 is 0 Å². The van der Waals surface area contributed by atoms with Gasteiger partial charge in [-0.15, -0.1) is 0 Å². The molecule has 0 aromatic rings. The minimum absolute atomic E-state index is 0.875. The van der Waals surface area contributed by atoms with E-state index in [1.54, 1.807) is 0 Å². The molecule has 0 aromatic heterocycles. The Labute approximate surface area is 94.5 Å². The summed E-state index contributed by atoms with van der Waals surface area (Å²) in [6, 6.07) is 0. The molecule has 0 heterocycles. The highest BCUT2D eigenvalue weighted by molar-refractivity contribution is 4.86. The van der Waals surface area contributed by atoms with E-state index < -0.39 is 0 Å². The molecule has 1 aliphatic carbocycles. The largest absolute Gasteiger partial charge is 0.389 e. The van der Waals surface area contributed by atoms with Gasteiger partial charge in [0.05, 0.1) is 0 Å². The summed E-state index contributed by atoms with van der Waals surface area (Å²) in [7, 11) is 0. The van der Waals surface area contributed by atoms with Crippen molar-refractivity contribution in [3.63, 3.8) is 0 Å². The van der Waals surface area contributed by atoms with E-state index in [0.29, 0.717) is 0 Å². The standard InChI is InChI=1S/C13H26N2/c1-4-14-9-12-5-7-13(8-6-12)10-15-11(2)3/h12-15H,2,4-10H2,1,3H3. The lowest BCUT2D eigenvalue weighted by molar-refractivity contribution is 0.266. The summed E-state index contributed by atoms with van der Waals surface area (Å²) in [6.07, 6.45) is 5.57. The van der Waals surface area contributed by atoms with Crippen LogP contribution in [0.1, 0.15) is 39.5 Å². The summed E-state index contributed by atoms with van der Waals surface area (Å²) in [5.74, 6) is 1.80. The van der Waals surface area contributed by atoms with E-state index in [9.17, 15) is 0 Å². The predicted octanol–water partition coefficient (Wildman–Crippen LogP) is 2.53. The molecule has 1 fully saturated rings. The molecule has 0 radical (unpaired) electrons. The highest BCUT2D eigenvalue weighted by atomic mass is 14.9. The molecule has 0 aromatic carbocycles. The molecular formula is C13H26N2. The van der Waals surface area contributed by atoms with Crippen LogP contribution in [0.4, 0.5) is 0 Å². The van der Waals surface area contributed by atoms with Gasteiger partial charge >= 0.3 is 0 Å². The van der Waals surface area contributed by atoms with E-state index >= 15 is 0 Å². The molecule has 0 saturated heterocycles. The van der Waals surface area contributed by atoms with Crippen molar-refractivity contribution in [3.05, 3.63) is 12.3 Å². The summed E-state index contributed by atoms with van der Waals surface area (Å²) in [6.45, 7) is 11.6. The molecule has 0 spiro atoms. The fourth-order valence-electron chi connectivity index (χ4n) is 2.31. The lowest BCUT2D eigenvalue weighted by Crippen LogP contribution is -2.29. The zero-order valence-corrected chi connectivity index (χ0v) is 10.3. The number of nitrogens with one attached hydrogen (secondary N) is 2. The molecule has 0 aliphatic heterocycles. The van der Waals surface area contributed by atoms with Gasteiger partial charge in [0.15, 0.2) is 0 Å². The Morgan fingerprint density at radius 3 is 2.13 bits per heavy atom. The fraction of sp³-hybridized carbons (Fsp3) is 0.846. The molecule has 0 atom stereocenters. The van der Waals surface area contributed by atoms with Gasteiger partial charge in [-0.3, -0.25) is 0 Å². The first kappa shape index (κ1) is 12.6. The minimum Gasteiger partial charge on any atom is -0.389 e. The van der Waals surface area contributed by atoms with Gasteiger partial charge in [-0.25, -0.2) is 0 Å². The van der Waals surface area contributed by atoms with Crippen LogP contribution >= 0.6 is 0 Å². The second kappa shape index (κ2) is 6.89. The van der Waals surface area contributed by atoms with Gasteiger partial charge in [-0.1, -0.05) is 13.5 Å². The average molecular weight is 210 g/mol. The Kier molecular flexibility index (Phi) is 5.77. The van der Waals surface area contributed by atoms with E-state index in [4.69, 9.17) is 0 Å². The van der Waals surface area contributed by atoms with Crippen LogP contribution in [0.15, 0.2) is 12.3 Å². The van der Waals surface area contributed by atoms with Crippen molar-refractivity contribution in [1.82, 2.24) is 10.6 Å². The Bertz CT molecular complexity index is 181. The fourth-order valence-corrected chi connectivity index (χ4v) is 2.31. The third-order valence-electron chi connectivity index (χ3n) is 3.34. The topological polar surface area (TPSA) is 24.1 Å². The Balaban J connectivity index is 2.09. The zero-order chi connectivity index (χ0) is 11.1. The number of hydrogen-bond donors (Lipinski definition) is 2. The molecule has 0 unspecified atom stereocenters. The quantitative estimate of drug-likeness (QED) is 0.704. The monoisotopic (exact) mass is 210 g/mol. The molecule has 1 rings (SSSR count). The van der Waals surface area contributed by atoms with Crippen molar-refractivity contribution >= 4 is 0 Å². The lowest BCUT2D eigenvalue weighted by atomic mass is 9.82. The van der Waals surface area contributed by atoms with Crippen molar-refractivity contribution in [1.29, 1.82) is 0 Å². The number of rotatable bonds is 6. The molecule has 88 valence electrons. The van der Waals surface area contributed by atoms with Crippen molar-refractivity contribution in [2.24, 2.45) is 11.8 Å². The van der Waals surface area contributed by atoms with Crippen LogP contribution in [0.25, 0.3) is 0 Å². The number of hydrogen-bond acceptors (Lipinski definition) is 2. The molecule has 2 nitrogen and oxygen atoms in total. The van der Waals surface area contributed by atoms with Gasteiger partial charge in [-0.05, 0) is 57.5 Å².